The minimum absolute atomic E-state index is 0.0624. The van der Waals surface area contributed by atoms with Crippen molar-refractivity contribution in [3.63, 3.8) is 0 Å². The van der Waals surface area contributed by atoms with Crippen LogP contribution in [-0.2, 0) is 11.2 Å². The van der Waals surface area contributed by atoms with Crippen molar-refractivity contribution in [3.8, 4) is 0 Å². The fourth-order valence-electron chi connectivity index (χ4n) is 6.44. The molecule has 1 aromatic rings. The third kappa shape index (κ3) is 4.76. The van der Waals surface area contributed by atoms with E-state index in [0.717, 1.165) is 18.5 Å². The lowest BCUT2D eigenvalue weighted by atomic mass is 9.53. The molecule has 4 bridgehead atoms. The molecule has 2 N–H and O–H groups in total. The van der Waals surface area contributed by atoms with E-state index in [2.05, 4.69) is 29.6 Å². The first-order chi connectivity index (χ1) is 14.9. The van der Waals surface area contributed by atoms with E-state index in [1.54, 1.807) is 10.9 Å². The van der Waals surface area contributed by atoms with Crippen LogP contribution < -0.4 is 10.6 Å². The van der Waals surface area contributed by atoms with Gasteiger partial charge in [-0.05, 0) is 82.1 Å². The first-order valence-corrected chi connectivity index (χ1v) is 12.0. The molecule has 2 unspecified atom stereocenters. The highest BCUT2D eigenvalue weighted by atomic mass is 19.1. The summed E-state index contributed by atoms with van der Waals surface area (Å²) in [7, 11) is 0. The lowest BCUT2D eigenvalue weighted by molar-refractivity contribution is -0.120. The predicted octanol–water partition coefficient (Wildman–Crippen LogP) is 4.11. The molecule has 0 saturated heterocycles. The van der Waals surface area contributed by atoms with Gasteiger partial charge in [-0.3, -0.25) is 9.59 Å². The SMILES string of the molecule is CC(=O)NC(C)(C)C=Cn1ncc(C(=O)NC2C3CC4CC2CC(F)(C4)C3)c1CC(C)C. The molecule has 4 aliphatic rings. The number of halogens is 1. The summed E-state index contributed by atoms with van der Waals surface area (Å²) in [6, 6.07) is 0.0624. The molecule has 1 aromatic heterocycles. The van der Waals surface area contributed by atoms with Crippen molar-refractivity contribution in [2.75, 3.05) is 0 Å². The molecule has 1 heterocycles. The van der Waals surface area contributed by atoms with E-state index < -0.39 is 11.2 Å². The van der Waals surface area contributed by atoms with Crippen molar-refractivity contribution >= 4 is 18.0 Å². The second-order valence-corrected chi connectivity index (χ2v) is 11.4. The van der Waals surface area contributed by atoms with E-state index in [4.69, 9.17) is 0 Å². The first-order valence-electron chi connectivity index (χ1n) is 12.0. The molecule has 5 rings (SSSR count). The second-order valence-electron chi connectivity index (χ2n) is 11.4. The van der Waals surface area contributed by atoms with E-state index >= 15 is 4.39 Å². The van der Waals surface area contributed by atoms with Gasteiger partial charge in [0, 0.05) is 19.2 Å². The van der Waals surface area contributed by atoms with Crippen molar-refractivity contribution in [2.45, 2.75) is 90.4 Å². The Morgan fingerprint density at radius 3 is 2.50 bits per heavy atom. The zero-order chi connectivity index (χ0) is 23.3. The van der Waals surface area contributed by atoms with Crippen molar-refractivity contribution < 1.29 is 14.0 Å². The summed E-state index contributed by atoms with van der Waals surface area (Å²) >= 11 is 0. The van der Waals surface area contributed by atoms with Gasteiger partial charge in [-0.15, -0.1) is 0 Å². The number of nitrogens with zero attached hydrogens (tertiary/aromatic N) is 2. The van der Waals surface area contributed by atoms with Crippen LogP contribution in [0.1, 0.15) is 82.8 Å². The zero-order valence-corrected chi connectivity index (χ0v) is 20.0. The fraction of sp³-hybridized carbons (Fsp3) is 0.720. The van der Waals surface area contributed by atoms with Gasteiger partial charge < -0.3 is 10.6 Å². The number of hydrogen-bond donors (Lipinski definition) is 2. The molecule has 2 amide bonds. The molecule has 6 nitrogen and oxygen atoms in total. The van der Waals surface area contributed by atoms with Crippen molar-refractivity contribution in [1.82, 2.24) is 20.4 Å². The van der Waals surface area contributed by atoms with Crippen LogP contribution in [0.25, 0.3) is 6.20 Å². The number of alkyl halides is 1. The minimum atomic E-state index is -1.00. The monoisotopic (exact) mass is 444 g/mol. The van der Waals surface area contributed by atoms with Crippen molar-refractivity contribution in [3.05, 3.63) is 23.5 Å². The van der Waals surface area contributed by atoms with Gasteiger partial charge in [-0.1, -0.05) is 13.8 Å². The summed E-state index contributed by atoms with van der Waals surface area (Å²) in [5.41, 5.74) is -0.0859. The molecule has 4 fully saturated rings. The topological polar surface area (TPSA) is 76.0 Å². The van der Waals surface area contributed by atoms with Crippen LogP contribution in [0.5, 0.6) is 0 Å². The number of rotatable bonds is 7. The molecule has 2 atom stereocenters. The van der Waals surface area contributed by atoms with Gasteiger partial charge in [0.25, 0.3) is 5.91 Å². The highest BCUT2D eigenvalue weighted by Gasteiger charge is 2.56. The molecule has 32 heavy (non-hydrogen) atoms. The van der Waals surface area contributed by atoms with Crippen LogP contribution >= 0.6 is 0 Å². The van der Waals surface area contributed by atoms with E-state index in [1.165, 1.54) is 6.92 Å². The highest BCUT2D eigenvalue weighted by molar-refractivity contribution is 5.95. The predicted molar refractivity (Wildman–Crippen MR) is 123 cm³/mol. The molecule has 0 aromatic carbocycles. The molecule has 4 saturated carbocycles. The van der Waals surface area contributed by atoms with Gasteiger partial charge in [-0.25, -0.2) is 9.07 Å². The van der Waals surface area contributed by atoms with E-state index in [9.17, 15) is 9.59 Å². The Morgan fingerprint density at radius 2 is 1.94 bits per heavy atom. The minimum Gasteiger partial charge on any atom is -0.349 e. The summed E-state index contributed by atoms with van der Waals surface area (Å²) in [5.74, 6) is 1.12. The lowest BCUT2D eigenvalue weighted by Gasteiger charge is -2.56. The van der Waals surface area contributed by atoms with Gasteiger partial charge >= 0.3 is 0 Å². The van der Waals surface area contributed by atoms with E-state index in [1.807, 2.05) is 26.1 Å². The van der Waals surface area contributed by atoms with Gasteiger partial charge in [0.15, 0.2) is 0 Å². The standard InChI is InChI=1S/C25H37FN4O2/c1-15(2)8-21-20(14-27-30(21)7-6-24(4,5)29-16(3)31)23(32)28-22-18-9-17-10-19(22)13-25(26,11-17)12-18/h6-7,14-15,17-19,22H,8-13H2,1-5H3,(H,28,32)(H,29,31). The molecular formula is C25H37FN4O2. The zero-order valence-electron chi connectivity index (χ0n) is 20.0. The number of aromatic nitrogens is 2. The van der Waals surface area contributed by atoms with Gasteiger partial charge in [0.2, 0.25) is 5.91 Å². The maximum absolute atomic E-state index is 15.0. The molecule has 0 aliphatic heterocycles. The van der Waals surface area contributed by atoms with Gasteiger partial charge in [0.1, 0.15) is 5.67 Å². The Morgan fingerprint density at radius 1 is 1.28 bits per heavy atom. The maximum atomic E-state index is 15.0. The summed E-state index contributed by atoms with van der Waals surface area (Å²) in [6.07, 6.45) is 10.0. The van der Waals surface area contributed by atoms with E-state index in [-0.39, 0.29) is 29.7 Å². The quantitative estimate of drug-likeness (QED) is 0.664. The summed E-state index contributed by atoms with van der Waals surface area (Å²) in [6.45, 7) is 9.54. The fourth-order valence-corrected chi connectivity index (χ4v) is 6.44. The molecule has 0 radical (unpaired) electrons. The van der Waals surface area contributed by atoms with Gasteiger partial charge in [-0.2, -0.15) is 5.10 Å². The number of nitrogens with one attached hydrogen (secondary N) is 2. The van der Waals surface area contributed by atoms with Crippen LogP contribution in [0.4, 0.5) is 4.39 Å². The summed E-state index contributed by atoms with van der Waals surface area (Å²) in [4.78, 5) is 24.8. The molecule has 4 aliphatic carbocycles. The van der Waals surface area contributed by atoms with Crippen LogP contribution in [0.3, 0.4) is 0 Å². The van der Waals surface area contributed by atoms with Crippen molar-refractivity contribution in [1.29, 1.82) is 0 Å². The van der Waals surface area contributed by atoms with Crippen molar-refractivity contribution in [2.24, 2.45) is 23.7 Å². The lowest BCUT2D eigenvalue weighted by Crippen LogP contribution is -2.60. The number of amides is 2. The molecule has 176 valence electrons. The average molecular weight is 445 g/mol. The normalized spacial score (nSPS) is 31.5. The van der Waals surface area contributed by atoms with Crippen LogP contribution in [0, 0.1) is 23.7 Å². The Bertz CT molecular complexity index is 903. The van der Waals surface area contributed by atoms with Gasteiger partial charge in [0.05, 0.1) is 23.0 Å². The maximum Gasteiger partial charge on any atom is 0.255 e. The molecule has 0 spiro atoms. The largest absolute Gasteiger partial charge is 0.349 e. The highest BCUT2D eigenvalue weighted by Crippen LogP contribution is 2.57. The third-order valence-corrected chi connectivity index (χ3v) is 7.37. The van der Waals surface area contributed by atoms with Crippen LogP contribution in [0.15, 0.2) is 12.3 Å². The smallest absolute Gasteiger partial charge is 0.255 e. The summed E-state index contributed by atoms with van der Waals surface area (Å²) < 4.78 is 16.8. The Kier molecular flexibility index (Phi) is 5.97. The molecular weight excluding hydrogens is 407 g/mol. The summed E-state index contributed by atoms with van der Waals surface area (Å²) in [5, 5.41) is 10.6. The van der Waals surface area contributed by atoms with Crippen LogP contribution in [0.2, 0.25) is 0 Å². The Labute approximate surface area is 190 Å². The number of hydrogen-bond acceptors (Lipinski definition) is 3. The first kappa shape index (κ1) is 23.0. The third-order valence-electron chi connectivity index (χ3n) is 7.37. The number of carbonyl (C=O) groups is 2. The average Bonchev–Trinajstić information content (AvgIpc) is 3.02. The Balaban J connectivity index is 1.53. The second kappa shape index (κ2) is 8.31. The van der Waals surface area contributed by atoms with E-state index in [0.29, 0.717) is 43.1 Å². The Hall–Kier alpha value is -2.18. The number of carbonyl (C=O) groups excluding carboxylic acids is 2. The molecule has 7 heteroatoms. The van der Waals surface area contributed by atoms with Crippen LogP contribution in [-0.4, -0.2) is 38.8 Å².